The van der Waals surface area contributed by atoms with Crippen molar-refractivity contribution < 1.29 is 14.0 Å². The van der Waals surface area contributed by atoms with Crippen LogP contribution in [0.25, 0.3) is 0 Å². The highest BCUT2D eigenvalue weighted by Gasteiger charge is 2.36. The Hall–Kier alpha value is -1.82. The number of nitrogens with zero attached hydrogens (tertiary/aromatic N) is 2. The highest BCUT2D eigenvalue weighted by molar-refractivity contribution is 5.82. The molecule has 2 saturated heterocycles. The first kappa shape index (κ1) is 17.6. The summed E-state index contributed by atoms with van der Waals surface area (Å²) in [4.78, 5) is 29.1. The number of hydrogen-bond acceptors (Lipinski definition) is 4. The van der Waals surface area contributed by atoms with Gasteiger partial charge in [0.2, 0.25) is 11.8 Å². The maximum Gasteiger partial charge on any atom is 0.225 e. The third-order valence-corrected chi connectivity index (χ3v) is 6.03. The maximum absolute atomic E-state index is 12.6. The number of likely N-dealkylation sites (tertiary alicyclic amines) is 2. The Kier molecular flexibility index (Phi) is 5.29. The van der Waals surface area contributed by atoms with E-state index in [-0.39, 0.29) is 23.8 Å². The predicted molar refractivity (Wildman–Crippen MR) is 97.3 cm³/mol. The summed E-state index contributed by atoms with van der Waals surface area (Å²) < 4.78 is 5.62. The molecule has 0 spiro atoms. The van der Waals surface area contributed by atoms with Crippen molar-refractivity contribution in [3.05, 3.63) is 24.2 Å². The van der Waals surface area contributed by atoms with Crippen molar-refractivity contribution in [3.8, 4) is 0 Å². The molecule has 6 nitrogen and oxygen atoms in total. The number of nitrogens with one attached hydrogen (secondary N) is 1. The number of furan rings is 1. The molecule has 3 heterocycles. The summed E-state index contributed by atoms with van der Waals surface area (Å²) in [5, 5.41) is 3.15. The smallest absolute Gasteiger partial charge is 0.225 e. The van der Waals surface area contributed by atoms with Crippen LogP contribution in [0.15, 0.2) is 22.8 Å². The molecule has 26 heavy (non-hydrogen) atoms. The quantitative estimate of drug-likeness (QED) is 0.845. The van der Waals surface area contributed by atoms with Crippen molar-refractivity contribution in [3.63, 3.8) is 0 Å². The summed E-state index contributed by atoms with van der Waals surface area (Å²) in [6, 6.07) is 4.03. The molecule has 3 fully saturated rings. The van der Waals surface area contributed by atoms with E-state index in [0.717, 1.165) is 57.6 Å². The second-order valence-corrected chi connectivity index (χ2v) is 7.89. The molecule has 6 heteroatoms. The van der Waals surface area contributed by atoms with E-state index in [2.05, 4.69) is 10.2 Å². The van der Waals surface area contributed by atoms with Gasteiger partial charge in [-0.1, -0.05) is 0 Å². The topological polar surface area (TPSA) is 65.8 Å². The number of carbonyl (C=O) groups is 2. The number of rotatable bonds is 6. The van der Waals surface area contributed by atoms with Gasteiger partial charge in [-0.2, -0.15) is 0 Å². The Morgan fingerprint density at radius 1 is 1.08 bits per heavy atom. The number of amides is 2. The first-order valence-electron chi connectivity index (χ1n) is 10.1. The summed E-state index contributed by atoms with van der Waals surface area (Å²) in [5.74, 6) is 1.65. The molecule has 2 aliphatic heterocycles. The zero-order valence-electron chi connectivity index (χ0n) is 15.4. The molecule has 0 aromatic carbocycles. The van der Waals surface area contributed by atoms with Crippen molar-refractivity contribution in [1.29, 1.82) is 0 Å². The number of hydrogen-bond donors (Lipinski definition) is 1. The van der Waals surface area contributed by atoms with Crippen molar-refractivity contribution in [2.24, 2.45) is 11.8 Å². The zero-order chi connectivity index (χ0) is 17.9. The Bertz CT molecular complexity index is 612. The normalized spacial score (nSPS) is 23.2. The van der Waals surface area contributed by atoms with Crippen LogP contribution >= 0.6 is 0 Å². The van der Waals surface area contributed by atoms with Gasteiger partial charge >= 0.3 is 0 Å². The van der Waals surface area contributed by atoms with E-state index in [1.165, 1.54) is 12.8 Å². The second kappa shape index (κ2) is 7.82. The lowest BCUT2D eigenvalue weighted by Crippen LogP contribution is -2.45. The van der Waals surface area contributed by atoms with Crippen LogP contribution in [-0.2, 0) is 9.59 Å². The summed E-state index contributed by atoms with van der Waals surface area (Å²) in [7, 11) is 0. The monoisotopic (exact) mass is 359 g/mol. The van der Waals surface area contributed by atoms with E-state index in [1.54, 1.807) is 6.26 Å². The van der Waals surface area contributed by atoms with Gasteiger partial charge in [0.1, 0.15) is 5.76 Å². The Morgan fingerprint density at radius 3 is 2.42 bits per heavy atom. The van der Waals surface area contributed by atoms with E-state index in [4.69, 9.17) is 4.42 Å². The van der Waals surface area contributed by atoms with Gasteiger partial charge in [0.25, 0.3) is 0 Å². The fraction of sp³-hybridized carbons (Fsp3) is 0.700. The van der Waals surface area contributed by atoms with E-state index in [1.807, 2.05) is 17.0 Å². The molecule has 3 aliphatic rings. The van der Waals surface area contributed by atoms with Crippen LogP contribution in [0.5, 0.6) is 0 Å². The molecule has 0 radical (unpaired) electrons. The fourth-order valence-corrected chi connectivity index (χ4v) is 4.24. The maximum atomic E-state index is 12.6. The summed E-state index contributed by atoms with van der Waals surface area (Å²) in [6.07, 6.45) is 7.76. The second-order valence-electron chi connectivity index (χ2n) is 7.89. The molecule has 1 aromatic heterocycles. The van der Waals surface area contributed by atoms with Gasteiger partial charge in [0.15, 0.2) is 0 Å². The van der Waals surface area contributed by atoms with E-state index < -0.39 is 0 Å². The molecular weight excluding hydrogens is 330 g/mol. The van der Waals surface area contributed by atoms with Crippen LogP contribution in [-0.4, -0.2) is 54.3 Å². The largest absolute Gasteiger partial charge is 0.468 e. The Morgan fingerprint density at radius 2 is 1.81 bits per heavy atom. The van der Waals surface area contributed by atoms with Crippen molar-refractivity contribution in [1.82, 2.24) is 15.1 Å². The lowest BCUT2D eigenvalue weighted by molar-refractivity contribution is -0.136. The Balaban J connectivity index is 1.28. The standard InChI is InChI=1S/C20H29N3O3/c24-19(15-7-11-23(12-8-15)20(25)16-5-6-16)21-14-17(18-4-3-13-26-18)22-9-1-2-10-22/h3-4,13,15-17H,1-2,5-12,14H2,(H,21,24). The molecule has 1 saturated carbocycles. The fourth-order valence-electron chi connectivity index (χ4n) is 4.24. The highest BCUT2D eigenvalue weighted by Crippen LogP contribution is 2.32. The van der Waals surface area contributed by atoms with Gasteiger partial charge in [-0.25, -0.2) is 0 Å². The number of carbonyl (C=O) groups excluding carboxylic acids is 2. The van der Waals surface area contributed by atoms with Crippen LogP contribution in [0.1, 0.15) is 50.3 Å². The lowest BCUT2D eigenvalue weighted by Gasteiger charge is -2.32. The summed E-state index contributed by atoms with van der Waals surface area (Å²) >= 11 is 0. The molecule has 142 valence electrons. The lowest BCUT2D eigenvalue weighted by atomic mass is 9.95. The van der Waals surface area contributed by atoms with Gasteiger partial charge in [-0.15, -0.1) is 0 Å². The molecule has 1 atom stereocenters. The Labute approximate surface area is 154 Å². The van der Waals surface area contributed by atoms with Crippen LogP contribution in [0.3, 0.4) is 0 Å². The minimum absolute atomic E-state index is 0.0223. The third kappa shape index (κ3) is 3.95. The van der Waals surface area contributed by atoms with E-state index >= 15 is 0 Å². The molecule has 1 aliphatic carbocycles. The minimum atomic E-state index is 0.0223. The predicted octanol–water partition coefficient (Wildman–Crippen LogP) is 2.18. The van der Waals surface area contributed by atoms with E-state index in [9.17, 15) is 9.59 Å². The van der Waals surface area contributed by atoms with Crippen molar-refractivity contribution in [2.75, 3.05) is 32.7 Å². The van der Waals surface area contributed by atoms with Crippen LogP contribution < -0.4 is 5.32 Å². The minimum Gasteiger partial charge on any atom is -0.468 e. The van der Waals surface area contributed by atoms with Gasteiger partial charge < -0.3 is 14.6 Å². The molecule has 2 amide bonds. The summed E-state index contributed by atoms with van der Waals surface area (Å²) in [6.45, 7) is 4.15. The highest BCUT2D eigenvalue weighted by atomic mass is 16.3. The molecule has 4 rings (SSSR count). The van der Waals surface area contributed by atoms with Gasteiger partial charge in [-0.3, -0.25) is 14.5 Å². The van der Waals surface area contributed by atoms with Crippen LogP contribution in [0.2, 0.25) is 0 Å². The van der Waals surface area contributed by atoms with Crippen LogP contribution in [0.4, 0.5) is 0 Å². The first-order chi connectivity index (χ1) is 12.7. The SMILES string of the molecule is O=C(NCC(c1ccco1)N1CCCC1)C1CCN(C(=O)C2CC2)CC1. The average Bonchev–Trinajstić information content (AvgIpc) is 3.13. The average molecular weight is 359 g/mol. The van der Waals surface area contributed by atoms with E-state index in [0.29, 0.717) is 12.5 Å². The van der Waals surface area contributed by atoms with Gasteiger partial charge in [0.05, 0.1) is 12.3 Å². The molecule has 1 N–H and O–H groups in total. The zero-order valence-corrected chi connectivity index (χ0v) is 15.4. The van der Waals surface area contributed by atoms with Gasteiger partial charge in [0, 0.05) is 31.5 Å². The molecule has 0 bridgehead atoms. The molecule has 1 aromatic rings. The summed E-state index contributed by atoms with van der Waals surface area (Å²) in [5.41, 5.74) is 0. The first-order valence-corrected chi connectivity index (χ1v) is 10.1. The number of piperidine rings is 1. The van der Waals surface area contributed by atoms with Gasteiger partial charge in [-0.05, 0) is 63.7 Å². The van der Waals surface area contributed by atoms with Crippen molar-refractivity contribution in [2.45, 2.75) is 44.6 Å². The molecular formula is C20H29N3O3. The van der Waals surface area contributed by atoms with Crippen LogP contribution in [0, 0.1) is 11.8 Å². The van der Waals surface area contributed by atoms with Crippen molar-refractivity contribution >= 4 is 11.8 Å². The molecule has 1 unspecified atom stereocenters. The third-order valence-electron chi connectivity index (χ3n) is 6.03.